The number of benzene rings is 1. The van der Waals surface area contributed by atoms with Crippen molar-refractivity contribution in [2.45, 2.75) is 13.8 Å². The monoisotopic (exact) mass is 204 g/mol. The van der Waals surface area contributed by atoms with Gasteiger partial charge in [-0.15, -0.1) is 0 Å². The fourth-order valence-corrected chi connectivity index (χ4v) is 1.75. The van der Waals surface area contributed by atoms with Crippen LogP contribution in [0.3, 0.4) is 0 Å². The number of hydrogen-bond acceptors (Lipinski definition) is 1. The third-order valence-corrected chi connectivity index (χ3v) is 3.05. The SMILES string of the molecule is CC(C)=C[Si]c1ccc(C(=O)O)cc1. The van der Waals surface area contributed by atoms with Gasteiger partial charge in [-0.2, -0.15) is 0 Å². The zero-order valence-electron chi connectivity index (χ0n) is 8.24. The van der Waals surface area contributed by atoms with Crippen molar-refractivity contribution in [3.05, 3.63) is 41.1 Å². The topological polar surface area (TPSA) is 37.3 Å². The van der Waals surface area contributed by atoms with Gasteiger partial charge in [-0.1, -0.05) is 28.6 Å². The molecule has 0 unspecified atom stereocenters. The summed E-state index contributed by atoms with van der Waals surface area (Å²) in [5, 5.41) is 9.85. The van der Waals surface area contributed by atoms with Gasteiger partial charge >= 0.3 is 5.97 Å². The van der Waals surface area contributed by atoms with Gasteiger partial charge in [0.2, 0.25) is 0 Å². The van der Waals surface area contributed by atoms with Crippen molar-refractivity contribution in [1.82, 2.24) is 0 Å². The molecule has 0 spiro atoms. The van der Waals surface area contributed by atoms with Crippen molar-refractivity contribution in [2.24, 2.45) is 0 Å². The molecular weight excluding hydrogens is 192 g/mol. The Hall–Kier alpha value is -1.35. The van der Waals surface area contributed by atoms with Crippen molar-refractivity contribution in [3.63, 3.8) is 0 Å². The van der Waals surface area contributed by atoms with E-state index in [1.54, 1.807) is 12.1 Å². The fraction of sp³-hybridized carbons (Fsp3) is 0.182. The van der Waals surface area contributed by atoms with Gasteiger partial charge in [0, 0.05) is 0 Å². The molecule has 2 radical (unpaired) electrons. The van der Waals surface area contributed by atoms with E-state index in [1.807, 2.05) is 12.1 Å². The predicted octanol–water partition coefficient (Wildman–Crippen LogP) is 1.64. The summed E-state index contributed by atoms with van der Waals surface area (Å²) in [6, 6.07) is 7.01. The first-order valence-corrected chi connectivity index (χ1v) is 5.40. The van der Waals surface area contributed by atoms with Crippen molar-refractivity contribution in [3.8, 4) is 0 Å². The van der Waals surface area contributed by atoms with E-state index in [2.05, 4.69) is 19.5 Å². The minimum atomic E-state index is -0.873. The highest BCUT2D eigenvalue weighted by Gasteiger charge is 2.00. The lowest BCUT2D eigenvalue weighted by atomic mass is 10.2. The minimum Gasteiger partial charge on any atom is -0.478 e. The van der Waals surface area contributed by atoms with Crippen molar-refractivity contribution >= 4 is 20.7 Å². The first-order chi connectivity index (χ1) is 6.59. The van der Waals surface area contributed by atoms with Crippen LogP contribution in [-0.4, -0.2) is 20.6 Å². The van der Waals surface area contributed by atoms with Gasteiger partial charge in [0.15, 0.2) is 0 Å². The number of allylic oxidation sites excluding steroid dienone is 1. The second-order valence-corrected chi connectivity index (χ2v) is 4.40. The van der Waals surface area contributed by atoms with E-state index >= 15 is 0 Å². The lowest BCUT2D eigenvalue weighted by Crippen LogP contribution is -2.12. The molecule has 0 fully saturated rings. The van der Waals surface area contributed by atoms with E-state index in [9.17, 15) is 4.79 Å². The number of hydrogen-bond donors (Lipinski definition) is 1. The van der Waals surface area contributed by atoms with Crippen LogP contribution in [0, 0.1) is 0 Å². The van der Waals surface area contributed by atoms with Crippen LogP contribution in [0.4, 0.5) is 0 Å². The van der Waals surface area contributed by atoms with Crippen LogP contribution in [0.1, 0.15) is 24.2 Å². The molecule has 0 aliphatic heterocycles. The second kappa shape index (κ2) is 4.76. The molecule has 0 heterocycles. The van der Waals surface area contributed by atoms with Crippen LogP contribution in [0.25, 0.3) is 0 Å². The van der Waals surface area contributed by atoms with Crippen molar-refractivity contribution in [1.29, 1.82) is 0 Å². The zero-order chi connectivity index (χ0) is 10.6. The maximum absolute atomic E-state index is 10.6. The van der Waals surface area contributed by atoms with E-state index in [-0.39, 0.29) is 0 Å². The minimum absolute atomic E-state index is 0.343. The van der Waals surface area contributed by atoms with E-state index in [0.717, 1.165) is 5.19 Å². The summed E-state index contributed by atoms with van der Waals surface area (Å²) in [6.45, 7) is 4.11. The Morgan fingerprint density at radius 2 is 1.86 bits per heavy atom. The van der Waals surface area contributed by atoms with Crippen LogP contribution in [-0.2, 0) is 0 Å². The average molecular weight is 204 g/mol. The molecule has 0 saturated heterocycles. The van der Waals surface area contributed by atoms with Gasteiger partial charge in [0.1, 0.15) is 9.52 Å². The first-order valence-electron chi connectivity index (χ1n) is 4.33. The second-order valence-electron chi connectivity index (χ2n) is 3.25. The van der Waals surface area contributed by atoms with Crippen LogP contribution in [0.5, 0.6) is 0 Å². The van der Waals surface area contributed by atoms with Crippen LogP contribution < -0.4 is 5.19 Å². The van der Waals surface area contributed by atoms with Crippen LogP contribution in [0.2, 0.25) is 0 Å². The molecule has 0 aromatic heterocycles. The number of carbonyl (C=O) groups is 1. The zero-order valence-corrected chi connectivity index (χ0v) is 9.24. The molecule has 1 aromatic rings. The highest BCUT2D eigenvalue weighted by Crippen LogP contribution is 1.96. The van der Waals surface area contributed by atoms with Crippen molar-refractivity contribution in [2.75, 3.05) is 0 Å². The molecule has 2 nitrogen and oxygen atoms in total. The maximum Gasteiger partial charge on any atom is 0.335 e. The average Bonchev–Trinajstić information content (AvgIpc) is 2.15. The summed E-state index contributed by atoms with van der Waals surface area (Å²) in [5.41, 5.74) is 3.77. The smallest absolute Gasteiger partial charge is 0.335 e. The van der Waals surface area contributed by atoms with Gasteiger partial charge in [-0.25, -0.2) is 4.79 Å². The molecule has 0 aliphatic rings. The normalized spacial score (nSPS) is 9.57. The Labute approximate surface area is 86.1 Å². The van der Waals surface area contributed by atoms with Gasteiger partial charge < -0.3 is 5.11 Å². The molecular formula is C11H12O2Si. The molecule has 1 N–H and O–H groups in total. The third kappa shape index (κ3) is 3.18. The Morgan fingerprint density at radius 3 is 2.29 bits per heavy atom. The van der Waals surface area contributed by atoms with E-state index in [1.165, 1.54) is 5.57 Å². The van der Waals surface area contributed by atoms with Gasteiger partial charge in [0.05, 0.1) is 5.56 Å². The van der Waals surface area contributed by atoms with Crippen LogP contribution in [0.15, 0.2) is 35.5 Å². The Bertz CT molecular complexity index is 348. The van der Waals surface area contributed by atoms with E-state index in [0.29, 0.717) is 15.1 Å². The summed E-state index contributed by atoms with van der Waals surface area (Å²) >= 11 is 0. The molecule has 0 amide bonds. The molecule has 72 valence electrons. The first kappa shape index (κ1) is 10.7. The van der Waals surface area contributed by atoms with E-state index < -0.39 is 5.97 Å². The van der Waals surface area contributed by atoms with E-state index in [4.69, 9.17) is 5.11 Å². The molecule has 0 saturated carbocycles. The standard InChI is InChI=1S/C11H12O2Si/c1-8(2)7-14-10-5-3-9(4-6-10)11(12)13/h3-7H,1-2H3,(H,12,13). The molecule has 0 aliphatic carbocycles. The summed E-state index contributed by atoms with van der Waals surface area (Å²) < 4.78 is 0. The molecule has 0 atom stereocenters. The van der Waals surface area contributed by atoms with Crippen molar-refractivity contribution < 1.29 is 9.90 Å². The summed E-state index contributed by atoms with van der Waals surface area (Å²) in [6.07, 6.45) is 0. The molecule has 0 bridgehead atoms. The highest BCUT2D eigenvalue weighted by atomic mass is 28.2. The van der Waals surface area contributed by atoms with Gasteiger partial charge in [-0.3, -0.25) is 0 Å². The lowest BCUT2D eigenvalue weighted by Gasteiger charge is -1.97. The quantitative estimate of drug-likeness (QED) is 0.760. The highest BCUT2D eigenvalue weighted by molar-refractivity contribution is 6.58. The molecule has 1 rings (SSSR count). The maximum atomic E-state index is 10.6. The molecule has 3 heteroatoms. The van der Waals surface area contributed by atoms with Gasteiger partial charge in [-0.05, 0) is 26.0 Å². The third-order valence-electron chi connectivity index (χ3n) is 1.66. The van der Waals surface area contributed by atoms with Gasteiger partial charge in [0.25, 0.3) is 0 Å². The number of rotatable bonds is 3. The summed E-state index contributed by atoms with van der Waals surface area (Å²) in [4.78, 5) is 10.6. The summed E-state index contributed by atoms with van der Waals surface area (Å²) in [5.74, 6) is -0.873. The Balaban J connectivity index is 2.74. The predicted molar refractivity (Wildman–Crippen MR) is 58.2 cm³/mol. The molecule has 1 aromatic carbocycles. The lowest BCUT2D eigenvalue weighted by molar-refractivity contribution is 0.0697. The van der Waals surface area contributed by atoms with Crippen LogP contribution >= 0.6 is 0 Å². The summed E-state index contributed by atoms with van der Waals surface area (Å²) in [7, 11) is 0.620. The number of carboxylic acid groups (broad SMARTS) is 1. The molecule has 14 heavy (non-hydrogen) atoms. The number of aromatic carboxylic acids is 1. The number of carboxylic acids is 1. The largest absolute Gasteiger partial charge is 0.478 e. The Kier molecular flexibility index (Phi) is 3.65. The Morgan fingerprint density at radius 1 is 1.29 bits per heavy atom. The fourth-order valence-electron chi connectivity index (χ4n) is 0.937.